The summed E-state index contributed by atoms with van der Waals surface area (Å²) in [5.41, 5.74) is 9.39. The minimum absolute atomic E-state index is 0.129. The van der Waals surface area contributed by atoms with Gasteiger partial charge < -0.3 is 26.0 Å². The van der Waals surface area contributed by atoms with E-state index in [4.69, 9.17) is 11.5 Å². The summed E-state index contributed by atoms with van der Waals surface area (Å²) in [5, 5.41) is 16.6. The quantitative estimate of drug-likeness (QED) is 0.516. The minimum atomic E-state index is -1.48. The molecule has 5 rings (SSSR count). The normalized spacial score (nSPS) is 21.2. The Morgan fingerprint density at radius 3 is 2.58 bits per heavy atom. The summed E-state index contributed by atoms with van der Waals surface area (Å²) in [6.45, 7) is 0.286. The van der Waals surface area contributed by atoms with E-state index in [0.29, 0.717) is 12.8 Å². The average Bonchev–Trinajstić information content (AvgIpc) is 3.28. The topological polar surface area (TPSA) is 145 Å². The molecule has 1 aliphatic heterocycles. The van der Waals surface area contributed by atoms with Gasteiger partial charge in [-0.15, -0.1) is 5.10 Å². The van der Waals surface area contributed by atoms with Gasteiger partial charge in [0.05, 0.1) is 28.8 Å². The number of hydrogen-bond donors (Lipinski definition) is 3. The molecule has 2 aliphatic rings. The van der Waals surface area contributed by atoms with Crippen LogP contribution in [0.1, 0.15) is 35.3 Å². The highest BCUT2D eigenvalue weighted by Gasteiger charge is 2.38. The van der Waals surface area contributed by atoms with Gasteiger partial charge in [0.15, 0.2) is 11.6 Å². The maximum absolute atomic E-state index is 15.8. The third-order valence-electron chi connectivity index (χ3n) is 5.96. The molecule has 0 bridgehead atoms. The number of anilines is 2. The number of halogens is 2. The Kier molecular flexibility index (Phi) is 4.22. The number of nitrogen functional groups attached to an aromatic ring is 1. The molecule has 0 spiro atoms. The summed E-state index contributed by atoms with van der Waals surface area (Å²) in [6, 6.07) is -1.02. The van der Waals surface area contributed by atoms with E-state index in [2.05, 4.69) is 10.3 Å². The van der Waals surface area contributed by atoms with E-state index in [-0.39, 0.29) is 36.4 Å². The van der Waals surface area contributed by atoms with Crippen molar-refractivity contribution >= 4 is 28.2 Å². The van der Waals surface area contributed by atoms with Crippen LogP contribution in [0, 0.1) is 11.6 Å². The highest BCUT2D eigenvalue weighted by molar-refractivity contribution is 5.99. The van der Waals surface area contributed by atoms with Crippen molar-refractivity contribution in [3.8, 4) is 0 Å². The molecule has 1 aromatic carbocycles. The molecule has 12 heteroatoms. The van der Waals surface area contributed by atoms with Gasteiger partial charge >= 0.3 is 5.97 Å². The Labute approximate surface area is 173 Å². The lowest BCUT2D eigenvalue weighted by atomic mass is 10.1. The minimum Gasteiger partial charge on any atom is -0.477 e. The first-order valence-corrected chi connectivity index (χ1v) is 9.74. The highest BCUT2D eigenvalue weighted by atomic mass is 19.1. The van der Waals surface area contributed by atoms with Gasteiger partial charge in [-0.1, -0.05) is 5.21 Å². The standard InChI is InChI=1S/C19H19F2N7O3/c20-13-15(23)12-16(27(8-1-2-8)5-9(18(12)29)19(30)31)14(21)17(13)26-6-10(22)11(7-26)28-4-3-24-25-28/h3-5,8,10-11H,1-2,6-7,22-23H2,(H,30,31). The molecule has 2 atom stereocenters. The Morgan fingerprint density at radius 2 is 1.97 bits per heavy atom. The lowest BCUT2D eigenvalue weighted by Crippen LogP contribution is -2.31. The SMILES string of the molecule is Nc1c(F)c(N2CC(N)C(n3ccnn3)C2)c(F)c2c1c(=O)c(C(=O)O)cn2C1CC1. The fraction of sp³-hybridized carbons (Fsp3) is 0.368. The summed E-state index contributed by atoms with van der Waals surface area (Å²) >= 11 is 0. The lowest BCUT2D eigenvalue weighted by molar-refractivity contribution is 0.0695. The van der Waals surface area contributed by atoms with Crippen molar-refractivity contribution in [3.05, 3.63) is 46.0 Å². The Hall–Kier alpha value is -3.54. The van der Waals surface area contributed by atoms with Gasteiger partial charge in [0, 0.05) is 37.6 Å². The van der Waals surface area contributed by atoms with Crippen molar-refractivity contribution in [1.82, 2.24) is 19.6 Å². The van der Waals surface area contributed by atoms with Crippen LogP contribution in [0.3, 0.4) is 0 Å². The molecule has 0 amide bonds. The molecule has 2 fully saturated rings. The van der Waals surface area contributed by atoms with Gasteiger partial charge in [-0.3, -0.25) is 4.79 Å². The monoisotopic (exact) mass is 431 g/mol. The van der Waals surface area contributed by atoms with Crippen LogP contribution in [0.2, 0.25) is 0 Å². The molecule has 1 saturated carbocycles. The molecule has 31 heavy (non-hydrogen) atoms. The fourth-order valence-corrected chi connectivity index (χ4v) is 4.29. The van der Waals surface area contributed by atoms with Crippen LogP contribution in [0.15, 0.2) is 23.4 Å². The van der Waals surface area contributed by atoms with Crippen LogP contribution in [-0.4, -0.2) is 49.8 Å². The maximum Gasteiger partial charge on any atom is 0.341 e. The molecule has 1 saturated heterocycles. The number of rotatable bonds is 4. The zero-order valence-corrected chi connectivity index (χ0v) is 16.2. The molecule has 5 N–H and O–H groups in total. The largest absolute Gasteiger partial charge is 0.477 e. The van der Waals surface area contributed by atoms with Gasteiger partial charge in [0.1, 0.15) is 11.3 Å². The molecular weight excluding hydrogens is 412 g/mol. The first-order valence-electron chi connectivity index (χ1n) is 9.74. The second-order valence-electron chi connectivity index (χ2n) is 7.95. The van der Waals surface area contributed by atoms with E-state index in [1.807, 2.05) is 0 Å². The number of fused-ring (bicyclic) bond motifs is 1. The molecule has 3 heterocycles. The number of aromatic nitrogens is 4. The van der Waals surface area contributed by atoms with Gasteiger partial charge in [-0.2, -0.15) is 0 Å². The molecule has 1 aliphatic carbocycles. The molecule has 2 unspecified atom stereocenters. The van der Waals surface area contributed by atoms with Gasteiger partial charge in [-0.05, 0) is 12.8 Å². The third-order valence-corrected chi connectivity index (χ3v) is 5.96. The van der Waals surface area contributed by atoms with Crippen molar-refractivity contribution in [3.63, 3.8) is 0 Å². The van der Waals surface area contributed by atoms with Crippen molar-refractivity contribution in [2.24, 2.45) is 5.73 Å². The number of carboxylic acids is 1. The number of carboxylic acid groups (broad SMARTS) is 1. The van der Waals surface area contributed by atoms with Crippen molar-refractivity contribution in [2.75, 3.05) is 23.7 Å². The molecule has 162 valence electrons. The van der Waals surface area contributed by atoms with Gasteiger partial charge in [0.25, 0.3) is 0 Å². The molecule has 0 radical (unpaired) electrons. The van der Waals surface area contributed by atoms with Crippen molar-refractivity contribution in [1.29, 1.82) is 0 Å². The molecule has 2 aromatic heterocycles. The molecular formula is C19H19F2N7O3. The second kappa shape index (κ2) is 6.74. The van der Waals surface area contributed by atoms with E-state index in [0.717, 1.165) is 6.20 Å². The third kappa shape index (κ3) is 2.86. The predicted octanol–water partition coefficient (Wildman–Crippen LogP) is 0.875. The van der Waals surface area contributed by atoms with Gasteiger partial charge in [0.2, 0.25) is 5.43 Å². The Bertz CT molecular complexity index is 1270. The van der Waals surface area contributed by atoms with Gasteiger partial charge in [-0.25, -0.2) is 18.3 Å². The molecule has 10 nitrogen and oxygen atoms in total. The first kappa shape index (κ1) is 19.4. The van der Waals surface area contributed by atoms with Crippen LogP contribution in [-0.2, 0) is 0 Å². The summed E-state index contributed by atoms with van der Waals surface area (Å²) in [6.07, 6.45) is 5.59. The second-order valence-corrected chi connectivity index (χ2v) is 7.95. The Morgan fingerprint density at radius 1 is 1.23 bits per heavy atom. The van der Waals surface area contributed by atoms with E-state index in [1.54, 1.807) is 6.20 Å². The lowest BCUT2D eigenvalue weighted by Gasteiger charge is -2.23. The van der Waals surface area contributed by atoms with Crippen LogP contribution < -0.4 is 21.8 Å². The summed E-state index contributed by atoms with van der Waals surface area (Å²) in [5.74, 6) is -3.56. The Balaban J connectivity index is 1.72. The predicted molar refractivity (Wildman–Crippen MR) is 107 cm³/mol. The summed E-state index contributed by atoms with van der Waals surface area (Å²) in [4.78, 5) is 25.7. The van der Waals surface area contributed by atoms with Crippen LogP contribution in [0.4, 0.5) is 20.2 Å². The number of pyridine rings is 1. The van der Waals surface area contributed by atoms with Crippen LogP contribution >= 0.6 is 0 Å². The summed E-state index contributed by atoms with van der Waals surface area (Å²) in [7, 11) is 0. The van der Waals surface area contributed by atoms with Crippen LogP contribution in [0.5, 0.6) is 0 Å². The summed E-state index contributed by atoms with van der Waals surface area (Å²) < 4.78 is 34.0. The maximum atomic E-state index is 15.8. The number of hydrogen-bond acceptors (Lipinski definition) is 7. The zero-order valence-electron chi connectivity index (χ0n) is 16.2. The fourth-order valence-electron chi connectivity index (χ4n) is 4.29. The smallest absolute Gasteiger partial charge is 0.341 e. The van der Waals surface area contributed by atoms with Crippen molar-refractivity contribution in [2.45, 2.75) is 31.0 Å². The zero-order chi connectivity index (χ0) is 22.0. The van der Waals surface area contributed by atoms with E-state index in [9.17, 15) is 14.7 Å². The van der Waals surface area contributed by atoms with E-state index < -0.39 is 45.7 Å². The average molecular weight is 431 g/mol. The number of aromatic carboxylic acids is 1. The highest BCUT2D eigenvalue weighted by Crippen LogP contribution is 2.42. The van der Waals surface area contributed by atoms with E-state index >= 15 is 8.78 Å². The number of nitrogens with zero attached hydrogens (tertiary/aromatic N) is 5. The van der Waals surface area contributed by atoms with Crippen molar-refractivity contribution < 1.29 is 18.7 Å². The number of benzene rings is 1. The van der Waals surface area contributed by atoms with E-state index in [1.165, 1.54) is 20.3 Å². The van der Waals surface area contributed by atoms with Crippen LogP contribution in [0.25, 0.3) is 10.9 Å². The number of carbonyl (C=O) groups is 1. The first-order chi connectivity index (χ1) is 14.8. The number of nitrogens with two attached hydrogens (primary N) is 2. The molecule has 3 aromatic rings.